The molecule has 0 atom stereocenters. The van der Waals surface area contributed by atoms with Gasteiger partial charge in [0.15, 0.2) is 5.82 Å². The third kappa shape index (κ3) is 4.24. The number of aliphatic hydroxyl groups is 1. The average Bonchev–Trinajstić information content (AvgIpc) is 2.59. The van der Waals surface area contributed by atoms with Gasteiger partial charge in [0.2, 0.25) is 0 Å². The Kier molecular flexibility index (Phi) is 6.27. The Labute approximate surface area is 132 Å². The van der Waals surface area contributed by atoms with Crippen LogP contribution in [0, 0.1) is 0 Å². The molecule has 1 N–H and O–H groups in total. The largest absolute Gasteiger partial charge is 0.395 e. The van der Waals surface area contributed by atoms with Gasteiger partial charge >= 0.3 is 0 Å². The molecule has 2 rings (SSSR count). The summed E-state index contributed by atoms with van der Waals surface area (Å²) >= 11 is 0. The van der Waals surface area contributed by atoms with E-state index in [1.807, 2.05) is 24.3 Å². The van der Waals surface area contributed by atoms with Crippen LogP contribution >= 0.6 is 0 Å². The summed E-state index contributed by atoms with van der Waals surface area (Å²) in [7, 11) is 0. The number of hydrogen-bond acceptors (Lipinski definition) is 5. The molecule has 0 saturated carbocycles. The molecule has 2 heterocycles. The van der Waals surface area contributed by atoms with Crippen molar-refractivity contribution in [1.29, 1.82) is 0 Å². The van der Waals surface area contributed by atoms with E-state index in [4.69, 9.17) is 0 Å². The zero-order valence-electron chi connectivity index (χ0n) is 13.4. The van der Waals surface area contributed by atoms with E-state index < -0.39 is 0 Å². The number of rotatable bonds is 8. The van der Waals surface area contributed by atoms with Gasteiger partial charge in [-0.05, 0) is 25.0 Å². The Morgan fingerprint density at radius 1 is 1.14 bits per heavy atom. The Morgan fingerprint density at radius 2 is 2.00 bits per heavy atom. The van der Waals surface area contributed by atoms with Crippen LogP contribution in [0.5, 0.6) is 0 Å². The van der Waals surface area contributed by atoms with E-state index in [0.717, 1.165) is 43.0 Å². The molecule has 0 aliphatic heterocycles. The van der Waals surface area contributed by atoms with Crippen LogP contribution in [0.3, 0.4) is 0 Å². The molecule has 0 unspecified atom stereocenters. The lowest BCUT2D eigenvalue weighted by atomic mass is 10.2. The van der Waals surface area contributed by atoms with Gasteiger partial charge in [0.1, 0.15) is 11.5 Å². The lowest BCUT2D eigenvalue weighted by Gasteiger charge is -2.23. The number of aromatic nitrogens is 3. The predicted molar refractivity (Wildman–Crippen MR) is 88.8 cm³/mol. The van der Waals surface area contributed by atoms with Crippen LogP contribution in [0.25, 0.3) is 11.5 Å². The van der Waals surface area contributed by atoms with Crippen molar-refractivity contribution in [2.75, 3.05) is 24.6 Å². The molecular weight excluding hydrogens is 276 g/mol. The van der Waals surface area contributed by atoms with E-state index in [9.17, 15) is 5.11 Å². The Balaban J connectivity index is 2.37. The van der Waals surface area contributed by atoms with Crippen LogP contribution in [-0.2, 0) is 6.42 Å². The monoisotopic (exact) mass is 300 g/mol. The van der Waals surface area contributed by atoms with Crippen molar-refractivity contribution in [2.45, 2.75) is 33.1 Å². The second-order valence-electron chi connectivity index (χ2n) is 5.17. The van der Waals surface area contributed by atoms with Crippen molar-refractivity contribution in [1.82, 2.24) is 15.0 Å². The molecule has 0 aromatic carbocycles. The molecular formula is C17H24N4O. The lowest BCUT2D eigenvalue weighted by molar-refractivity contribution is 0.301. The molecule has 0 radical (unpaired) electrons. The smallest absolute Gasteiger partial charge is 0.180 e. The normalized spacial score (nSPS) is 10.7. The molecule has 5 heteroatoms. The zero-order chi connectivity index (χ0) is 15.8. The molecule has 118 valence electrons. The fourth-order valence-electron chi connectivity index (χ4n) is 2.25. The number of hydrogen-bond donors (Lipinski definition) is 1. The molecule has 0 aliphatic carbocycles. The minimum atomic E-state index is 0.119. The fourth-order valence-corrected chi connectivity index (χ4v) is 2.25. The summed E-state index contributed by atoms with van der Waals surface area (Å²) in [4.78, 5) is 15.7. The highest BCUT2D eigenvalue weighted by atomic mass is 16.3. The van der Waals surface area contributed by atoms with Crippen molar-refractivity contribution in [2.24, 2.45) is 0 Å². The zero-order valence-corrected chi connectivity index (χ0v) is 13.4. The molecule has 0 saturated heterocycles. The van der Waals surface area contributed by atoms with Gasteiger partial charge in [-0.25, -0.2) is 9.97 Å². The summed E-state index contributed by atoms with van der Waals surface area (Å²) in [6, 6.07) is 7.75. The van der Waals surface area contributed by atoms with Crippen LogP contribution in [0.1, 0.15) is 32.4 Å². The SMILES string of the molecule is CCCCN(CCO)c1cc(CC)nc(-c2ccccn2)n1. The summed E-state index contributed by atoms with van der Waals surface area (Å²) in [6.45, 7) is 5.83. The molecule has 2 aromatic rings. The van der Waals surface area contributed by atoms with Crippen LogP contribution in [0.4, 0.5) is 5.82 Å². The van der Waals surface area contributed by atoms with Crippen molar-refractivity contribution in [3.8, 4) is 11.5 Å². The van der Waals surface area contributed by atoms with Gasteiger partial charge in [0.05, 0.1) is 6.61 Å². The molecule has 0 bridgehead atoms. The van der Waals surface area contributed by atoms with Gasteiger partial charge in [0, 0.05) is 31.0 Å². The second kappa shape index (κ2) is 8.44. The number of anilines is 1. The molecule has 0 aliphatic rings. The van der Waals surface area contributed by atoms with E-state index in [1.54, 1.807) is 6.20 Å². The summed E-state index contributed by atoms with van der Waals surface area (Å²) in [5, 5.41) is 9.31. The van der Waals surface area contributed by atoms with Crippen LogP contribution in [-0.4, -0.2) is 39.8 Å². The van der Waals surface area contributed by atoms with Crippen molar-refractivity contribution < 1.29 is 5.11 Å². The number of aryl methyl sites for hydroxylation is 1. The standard InChI is InChI=1S/C17H24N4O/c1-3-5-10-21(11-12-22)16-13-14(4-2)19-17(20-16)15-8-6-7-9-18-15/h6-9,13,22H,3-5,10-12H2,1-2H3. The maximum absolute atomic E-state index is 9.31. The van der Waals surface area contributed by atoms with E-state index in [2.05, 4.69) is 33.7 Å². The summed E-state index contributed by atoms with van der Waals surface area (Å²) < 4.78 is 0. The Bertz CT molecular complexity index is 574. The topological polar surface area (TPSA) is 62.1 Å². The molecule has 0 fully saturated rings. The molecule has 5 nitrogen and oxygen atoms in total. The number of aliphatic hydroxyl groups excluding tert-OH is 1. The van der Waals surface area contributed by atoms with Crippen molar-refractivity contribution >= 4 is 5.82 Å². The highest BCUT2D eigenvalue weighted by Gasteiger charge is 2.12. The number of nitrogens with zero attached hydrogens (tertiary/aromatic N) is 4. The van der Waals surface area contributed by atoms with Gasteiger partial charge in [-0.3, -0.25) is 4.98 Å². The maximum atomic E-state index is 9.31. The predicted octanol–water partition coefficient (Wildman–Crippen LogP) is 2.70. The molecule has 0 amide bonds. The quantitative estimate of drug-likeness (QED) is 0.812. The van der Waals surface area contributed by atoms with Gasteiger partial charge in [0.25, 0.3) is 0 Å². The van der Waals surface area contributed by atoms with E-state index in [-0.39, 0.29) is 6.61 Å². The number of unbranched alkanes of at least 4 members (excludes halogenated alkanes) is 1. The fraction of sp³-hybridized carbons (Fsp3) is 0.471. The Morgan fingerprint density at radius 3 is 2.64 bits per heavy atom. The van der Waals surface area contributed by atoms with Gasteiger partial charge in [-0.1, -0.05) is 26.3 Å². The van der Waals surface area contributed by atoms with Gasteiger partial charge < -0.3 is 10.0 Å². The summed E-state index contributed by atoms with van der Waals surface area (Å²) in [5.41, 5.74) is 1.77. The number of pyridine rings is 1. The van der Waals surface area contributed by atoms with Gasteiger partial charge in [-0.15, -0.1) is 0 Å². The maximum Gasteiger partial charge on any atom is 0.180 e. The van der Waals surface area contributed by atoms with E-state index in [1.165, 1.54) is 0 Å². The Hall–Kier alpha value is -2.01. The van der Waals surface area contributed by atoms with Crippen molar-refractivity contribution in [3.63, 3.8) is 0 Å². The van der Waals surface area contributed by atoms with Crippen LogP contribution in [0.2, 0.25) is 0 Å². The minimum absolute atomic E-state index is 0.119. The summed E-state index contributed by atoms with van der Waals surface area (Å²) in [5.74, 6) is 1.52. The third-order valence-electron chi connectivity index (χ3n) is 3.50. The van der Waals surface area contributed by atoms with Crippen LogP contribution in [0.15, 0.2) is 30.5 Å². The highest BCUT2D eigenvalue weighted by molar-refractivity contribution is 5.53. The first-order chi connectivity index (χ1) is 10.8. The van der Waals surface area contributed by atoms with E-state index >= 15 is 0 Å². The third-order valence-corrected chi connectivity index (χ3v) is 3.50. The lowest BCUT2D eigenvalue weighted by Crippen LogP contribution is -2.29. The van der Waals surface area contributed by atoms with Gasteiger partial charge in [-0.2, -0.15) is 0 Å². The first kappa shape index (κ1) is 16.4. The minimum Gasteiger partial charge on any atom is -0.395 e. The van der Waals surface area contributed by atoms with Crippen LogP contribution < -0.4 is 4.90 Å². The van der Waals surface area contributed by atoms with E-state index in [0.29, 0.717) is 12.4 Å². The summed E-state index contributed by atoms with van der Waals surface area (Å²) in [6.07, 6.45) is 4.78. The second-order valence-corrected chi connectivity index (χ2v) is 5.17. The van der Waals surface area contributed by atoms with Crippen molar-refractivity contribution in [3.05, 3.63) is 36.2 Å². The molecule has 0 spiro atoms. The highest BCUT2D eigenvalue weighted by Crippen LogP contribution is 2.19. The molecule has 2 aromatic heterocycles. The first-order valence-corrected chi connectivity index (χ1v) is 7.93. The first-order valence-electron chi connectivity index (χ1n) is 7.93. The molecule has 22 heavy (non-hydrogen) atoms. The average molecular weight is 300 g/mol.